The molecule has 0 fully saturated rings. The highest BCUT2D eigenvalue weighted by atomic mass is 79.9. The molecule has 2 rings (SSSR count). The van der Waals surface area contributed by atoms with Gasteiger partial charge in [-0.15, -0.1) is 11.3 Å². The molecule has 5 heteroatoms. The van der Waals surface area contributed by atoms with E-state index in [1.165, 1.54) is 10.4 Å². The van der Waals surface area contributed by atoms with Crippen LogP contribution in [0.2, 0.25) is 0 Å². The summed E-state index contributed by atoms with van der Waals surface area (Å²) in [4.78, 5) is 1.31. The van der Waals surface area contributed by atoms with E-state index in [0.29, 0.717) is 0 Å². The van der Waals surface area contributed by atoms with E-state index in [1.807, 2.05) is 0 Å². The molecule has 0 radical (unpaired) electrons. The zero-order valence-corrected chi connectivity index (χ0v) is 15.3. The maximum atomic E-state index is 3.55. The first kappa shape index (κ1) is 14.7. The lowest BCUT2D eigenvalue weighted by Crippen LogP contribution is -2.21. The lowest BCUT2D eigenvalue weighted by molar-refractivity contribution is 0.639. The molecular formula is C13H12Br3NS. The number of thiophene rings is 1. The number of halogens is 3. The third-order valence-electron chi connectivity index (χ3n) is 2.50. The average molecular weight is 454 g/mol. The molecular weight excluding hydrogens is 442 g/mol. The zero-order valence-electron chi connectivity index (χ0n) is 9.71. The third-order valence-corrected chi connectivity index (χ3v) is 5.11. The maximum absolute atomic E-state index is 3.55. The Morgan fingerprint density at radius 1 is 1.11 bits per heavy atom. The van der Waals surface area contributed by atoms with Gasteiger partial charge in [0.2, 0.25) is 0 Å². The Bertz CT molecular complexity index is 519. The molecule has 1 atom stereocenters. The van der Waals surface area contributed by atoms with E-state index in [4.69, 9.17) is 0 Å². The molecule has 0 amide bonds. The van der Waals surface area contributed by atoms with Crippen LogP contribution in [0, 0.1) is 0 Å². The van der Waals surface area contributed by atoms with Gasteiger partial charge in [-0.25, -0.2) is 0 Å². The van der Waals surface area contributed by atoms with Crippen LogP contribution in [-0.4, -0.2) is 6.54 Å². The van der Waals surface area contributed by atoms with Crippen LogP contribution in [0.3, 0.4) is 0 Å². The summed E-state index contributed by atoms with van der Waals surface area (Å²) < 4.78 is 3.34. The third kappa shape index (κ3) is 3.67. The minimum atomic E-state index is 0.236. The Hall–Kier alpha value is 0.320. The van der Waals surface area contributed by atoms with E-state index >= 15 is 0 Å². The van der Waals surface area contributed by atoms with Crippen molar-refractivity contribution in [1.29, 1.82) is 0 Å². The summed E-state index contributed by atoms with van der Waals surface area (Å²) in [7, 11) is 0. The molecule has 96 valence electrons. The van der Waals surface area contributed by atoms with E-state index in [2.05, 4.69) is 90.4 Å². The monoisotopic (exact) mass is 451 g/mol. The highest BCUT2D eigenvalue weighted by molar-refractivity contribution is 9.11. The van der Waals surface area contributed by atoms with Gasteiger partial charge in [0.15, 0.2) is 0 Å². The quantitative estimate of drug-likeness (QED) is 0.622. The van der Waals surface area contributed by atoms with Crippen molar-refractivity contribution in [3.05, 3.63) is 53.5 Å². The fourth-order valence-electron chi connectivity index (χ4n) is 1.81. The van der Waals surface area contributed by atoms with Crippen LogP contribution in [0.1, 0.15) is 23.4 Å². The van der Waals surface area contributed by atoms with Gasteiger partial charge >= 0.3 is 0 Å². The Morgan fingerprint density at radius 3 is 2.28 bits per heavy atom. The fraction of sp³-hybridized carbons (Fsp3) is 0.231. The normalized spacial score (nSPS) is 12.7. The first-order chi connectivity index (χ1) is 8.60. The predicted octanol–water partition coefficient (Wildman–Crippen LogP) is 5.73. The van der Waals surface area contributed by atoms with Gasteiger partial charge < -0.3 is 5.32 Å². The average Bonchev–Trinajstić information content (AvgIpc) is 2.71. The van der Waals surface area contributed by atoms with Crippen LogP contribution in [0.25, 0.3) is 0 Å². The van der Waals surface area contributed by atoms with Crippen molar-refractivity contribution in [3.63, 3.8) is 0 Å². The molecule has 0 aliphatic rings. The van der Waals surface area contributed by atoms with Crippen LogP contribution in [0.4, 0.5) is 0 Å². The van der Waals surface area contributed by atoms with Crippen LogP contribution < -0.4 is 5.32 Å². The van der Waals surface area contributed by atoms with Crippen molar-refractivity contribution in [3.8, 4) is 0 Å². The SMILES string of the molecule is CCNC(c1cc(Br)cc(Br)c1)c1ccc(Br)s1. The standard InChI is InChI=1S/C13H12Br3NS/c1-2-17-13(11-3-4-12(16)18-11)8-5-9(14)7-10(15)6-8/h3-7,13,17H,2H2,1H3. The Balaban J connectivity index is 2.40. The lowest BCUT2D eigenvalue weighted by Gasteiger charge is -2.17. The van der Waals surface area contributed by atoms with Gasteiger partial charge in [-0.05, 0) is 58.4 Å². The Labute approximate surface area is 136 Å². The molecule has 18 heavy (non-hydrogen) atoms. The van der Waals surface area contributed by atoms with Gasteiger partial charge in [0.1, 0.15) is 0 Å². The maximum Gasteiger partial charge on any atom is 0.0702 e. The first-order valence-corrected chi connectivity index (χ1v) is 8.74. The summed E-state index contributed by atoms with van der Waals surface area (Å²) in [6.07, 6.45) is 0. The summed E-state index contributed by atoms with van der Waals surface area (Å²) in [5, 5.41) is 3.53. The highest BCUT2D eigenvalue weighted by Crippen LogP contribution is 2.33. The van der Waals surface area contributed by atoms with E-state index in [-0.39, 0.29) is 6.04 Å². The smallest absolute Gasteiger partial charge is 0.0702 e. The number of benzene rings is 1. The highest BCUT2D eigenvalue weighted by Gasteiger charge is 2.15. The molecule has 0 saturated carbocycles. The Morgan fingerprint density at radius 2 is 1.78 bits per heavy atom. The van der Waals surface area contributed by atoms with Crippen LogP contribution in [-0.2, 0) is 0 Å². The zero-order chi connectivity index (χ0) is 13.1. The molecule has 1 aromatic heterocycles. The largest absolute Gasteiger partial charge is 0.306 e. The molecule has 1 N–H and O–H groups in total. The van der Waals surface area contributed by atoms with Crippen LogP contribution >= 0.6 is 59.1 Å². The van der Waals surface area contributed by atoms with Crippen LogP contribution in [0.5, 0.6) is 0 Å². The number of hydrogen-bond acceptors (Lipinski definition) is 2. The second kappa shape index (κ2) is 6.66. The summed E-state index contributed by atoms with van der Waals surface area (Å²) in [6.45, 7) is 3.06. The summed E-state index contributed by atoms with van der Waals surface area (Å²) in [6, 6.07) is 10.9. The van der Waals surface area contributed by atoms with E-state index in [1.54, 1.807) is 11.3 Å². The van der Waals surface area contributed by atoms with E-state index in [0.717, 1.165) is 19.3 Å². The van der Waals surface area contributed by atoms with Gasteiger partial charge in [-0.3, -0.25) is 0 Å². The van der Waals surface area contributed by atoms with Gasteiger partial charge in [0.25, 0.3) is 0 Å². The number of hydrogen-bond donors (Lipinski definition) is 1. The molecule has 1 nitrogen and oxygen atoms in total. The van der Waals surface area contributed by atoms with Crippen molar-refractivity contribution in [1.82, 2.24) is 5.32 Å². The van der Waals surface area contributed by atoms with Crippen molar-refractivity contribution in [2.45, 2.75) is 13.0 Å². The molecule has 1 heterocycles. The topological polar surface area (TPSA) is 12.0 Å². The van der Waals surface area contributed by atoms with Gasteiger partial charge in [-0.2, -0.15) is 0 Å². The van der Waals surface area contributed by atoms with Gasteiger partial charge in [-0.1, -0.05) is 38.8 Å². The summed E-state index contributed by atoms with van der Waals surface area (Å²) in [5.41, 5.74) is 1.26. The second-order valence-electron chi connectivity index (χ2n) is 3.84. The molecule has 0 saturated heterocycles. The van der Waals surface area contributed by atoms with Crippen molar-refractivity contribution in [2.75, 3.05) is 6.54 Å². The van der Waals surface area contributed by atoms with Crippen molar-refractivity contribution >= 4 is 59.1 Å². The van der Waals surface area contributed by atoms with Crippen molar-refractivity contribution < 1.29 is 0 Å². The van der Waals surface area contributed by atoms with Crippen molar-refractivity contribution in [2.24, 2.45) is 0 Å². The lowest BCUT2D eigenvalue weighted by atomic mass is 10.1. The Kier molecular flexibility index (Phi) is 5.45. The predicted molar refractivity (Wildman–Crippen MR) is 89.4 cm³/mol. The van der Waals surface area contributed by atoms with E-state index in [9.17, 15) is 0 Å². The first-order valence-electron chi connectivity index (χ1n) is 5.54. The fourth-order valence-corrected chi connectivity index (χ4v) is 4.67. The molecule has 1 unspecified atom stereocenters. The number of rotatable bonds is 4. The summed E-state index contributed by atoms with van der Waals surface area (Å²) in [5.74, 6) is 0. The van der Waals surface area contributed by atoms with E-state index < -0.39 is 0 Å². The second-order valence-corrected chi connectivity index (χ2v) is 8.16. The molecule has 2 aromatic rings. The minimum absolute atomic E-state index is 0.236. The van der Waals surface area contributed by atoms with Crippen LogP contribution in [0.15, 0.2) is 43.1 Å². The summed E-state index contributed by atoms with van der Waals surface area (Å²) >= 11 is 12.4. The molecule has 0 spiro atoms. The molecule has 1 aromatic carbocycles. The van der Waals surface area contributed by atoms with Gasteiger partial charge in [0.05, 0.1) is 9.83 Å². The molecule has 0 aliphatic heterocycles. The number of nitrogens with one attached hydrogen (secondary N) is 1. The molecule has 0 bridgehead atoms. The molecule has 0 aliphatic carbocycles. The minimum Gasteiger partial charge on any atom is -0.306 e. The van der Waals surface area contributed by atoms with Gasteiger partial charge in [0, 0.05) is 13.8 Å².